The Hall–Kier alpha value is -2.10. The summed E-state index contributed by atoms with van der Waals surface area (Å²) in [6.07, 6.45) is 0. The van der Waals surface area contributed by atoms with Crippen LogP contribution in [0.3, 0.4) is 0 Å². The van der Waals surface area contributed by atoms with Crippen molar-refractivity contribution in [3.63, 3.8) is 0 Å². The van der Waals surface area contributed by atoms with Crippen molar-refractivity contribution in [3.8, 4) is 0 Å². The van der Waals surface area contributed by atoms with Crippen molar-refractivity contribution >= 4 is 16.4 Å². The summed E-state index contributed by atoms with van der Waals surface area (Å²) >= 11 is 0. The Morgan fingerprint density at radius 3 is 3.00 bits per heavy atom. The minimum atomic E-state index is -0.0521. The highest BCUT2D eigenvalue weighted by molar-refractivity contribution is 5.84. The fourth-order valence-corrected chi connectivity index (χ4v) is 1.79. The first-order chi connectivity index (χ1) is 7.25. The Morgan fingerprint density at radius 1 is 1.33 bits per heavy atom. The minimum Gasteiger partial charge on any atom is -0.277 e. The zero-order chi connectivity index (χ0) is 10.4. The first-order valence-electron chi connectivity index (χ1n) is 4.73. The second-order valence-corrected chi connectivity index (χ2v) is 3.54. The summed E-state index contributed by atoms with van der Waals surface area (Å²) in [4.78, 5) is 16.2. The topological polar surface area (TPSA) is 50.2 Å². The van der Waals surface area contributed by atoms with E-state index in [-0.39, 0.29) is 5.56 Å². The van der Waals surface area contributed by atoms with Crippen LogP contribution in [-0.2, 0) is 0 Å². The second kappa shape index (κ2) is 2.70. The maximum atomic E-state index is 12.0. The van der Waals surface area contributed by atoms with Gasteiger partial charge >= 0.3 is 0 Å². The molecule has 0 radical (unpaired) electrons. The van der Waals surface area contributed by atoms with Crippen molar-refractivity contribution in [2.24, 2.45) is 0 Å². The van der Waals surface area contributed by atoms with Gasteiger partial charge in [-0.1, -0.05) is 18.2 Å². The lowest BCUT2D eigenvalue weighted by atomic mass is 10.2. The quantitative estimate of drug-likeness (QED) is 0.596. The third kappa shape index (κ3) is 1.08. The van der Waals surface area contributed by atoms with Gasteiger partial charge < -0.3 is 0 Å². The Morgan fingerprint density at radius 2 is 2.13 bits per heavy atom. The number of pyridine rings is 1. The van der Waals surface area contributed by atoms with Crippen LogP contribution in [-0.4, -0.2) is 14.6 Å². The molecule has 2 aromatic heterocycles. The van der Waals surface area contributed by atoms with Crippen LogP contribution in [0, 0.1) is 6.92 Å². The highest BCUT2D eigenvalue weighted by Crippen LogP contribution is 2.11. The summed E-state index contributed by atoms with van der Waals surface area (Å²) in [7, 11) is 0. The molecule has 4 heteroatoms. The number of hydrogen-bond donors (Lipinski definition) is 1. The molecule has 0 saturated carbocycles. The summed E-state index contributed by atoms with van der Waals surface area (Å²) in [6.45, 7) is 1.83. The molecule has 0 atom stereocenters. The van der Waals surface area contributed by atoms with Crippen molar-refractivity contribution in [2.75, 3.05) is 0 Å². The summed E-state index contributed by atoms with van der Waals surface area (Å²) < 4.78 is 1.47. The van der Waals surface area contributed by atoms with Gasteiger partial charge in [0.15, 0.2) is 5.65 Å². The lowest BCUT2D eigenvalue weighted by molar-refractivity contribution is 0.905. The molecule has 1 aromatic carbocycles. The van der Waals surface area contributed by atoms with Crippen molar-refractivity contribution in [3.05, 3.63) is 46.5 Å². The van der Waals surface area contributed by atoms with Gasteiger partial charge in [0.1, 0.15) is 5.82 Å². The van der Waals surface area contributed by atoms with E-state index in [1.165, 1.54) is 4.52 Å². The number of H-pyrrole nitrogens is 1. The largest absolute Gasteiger partial charge is 0.279 e. The highest BCUT2D eigenvalue weighted by Gasteiger charge is 2.05. The molecule has 0 spiro atoms. The van der Waals surface area contributed by atoms with Gasteiger partial charge in [0.2, 0.25) is 0 Å². The van der Waals surface area contributed by atoms with Crippen LogP contribution in [0.5, 0.6) is 0 Å². The third-order valence-corrected chi connectivity index (χ3v) is 2.46. The SMILES string of the molecule is Cc1nc2cc3ccccc3c(=O)n2[nH]1. The Kier molecular flexibility index (Phi) is 1.48. The molecule has 0 unspecified atom stereocenters. The number of nitrogens with one attached hydrogen (secondary N) is 1. The summed E-state index contributed by atoms with van der Waals surface area (Å²) in [5, 5.41) is 4.54. The van der Waals surface area contributed by atoms with Crippen molar-refractivity contribution < 1.29 is 0 Å². The van der Waals surface area contributed by atoms with Crippen LogP contribution in [0.25, 0.3) is 16.4 Å². The van der Waals surface area contributed by atoms with Crippen LogP contribution in [0.2, 0.25) is 0 Å². The molecule has 0 aliphatic heterocycles. The van der Waals surface area contributed by atoms with Gasteiger partial charge in [-0.25, -0.2) is 4.98 Å². The molecular formula is C11H9N3O. The number of hydrogen-bond acceptors (Lipinski definition) is 2. The van der Waals surface area contributed by atoms with Gasteiger partial charge in [0.25, 0.3) is 5.56 Å². The van der Waals surface area contributed by atoms with Crippen LogP contribution in [0.1, 0.15) is 5.82 Å². The Bertz CT molecular complexity index is 708. The first kappa shape index (κ1) is 8.23. The molecule has 0 bridgehead atoms. The van der Waals surface area contributed by atoms with E-state index >= 15 is 0 Å². The minimum absolute atomic E-state index is 0.0521. The predicted octanol–water partition coefficient (Wildman–Crippen LogP) is 1.48. The number of aromatic amines is 1. The molecule has 0 saturated heterocycles. The van der Waals surface area contributed by atoms with Crippen molar-refractivity contribution in [1.82, 2.24) is 14.6 Å². The number of benzene rings is 1. The standard InChI is InChI=1S/C11H9N3O/c1-7-12-10-6-8-4-2-3-5-9(8)11(15)14(10)13-7/h2-6H,1H3,(H,12,13). The zero-order valence-corrected chi connectivity index (χ0v) is 8.19. The molecule has 1 N–H and O–H groups in total. The van der Waals surface area contributed by atoms with Gasteiger partial charge in [-0.3, -0.25) is 9.89 Å². The van der Waals surface area contributed by atoms with Gasteiger partial charge in [-0.05, 0) is 24.4 Å². The molecule has 0 fully saturated rings. The maximum absolute atomic E-state index is 12.0. The van der Waals surface area contributed by atoms with Crippen LogP contribution >= 0.6 is 0 Å². The molecule has 3 rings (SSSR count). The summed E-state index contributed by atoms with van der Waals surface area (Å²) in [5.41, 5.74) is 0.611. The normalized spacial score (nSPS) is 11.3. The van der Waals surface area contributed by atoms with Gasteiger partial charge in [0.05, 0.1) is 0 Å². The van der Waals surface area contributed by atoms with Crippen LogP contribution in [0.15, 0.2) is 35.1 Å². The Labute approximate surface area is 85.2 Å². The van der Waals surface area contributed by atoms with Crippen molar-refractivity contribution in [2.45, 2.75) is 6.92 Å². The fourth-order valence-electron chi connectivity index (χ4n) is 1.79. The van der Waals surface area contributed by atoms with Crippen molar-refractivity contribution in [1.29, 1.82) is 0 Å². The average Bonchev–Trinajstić information content (AvgIpc) is 2.59. The summed E-state index contributed by atoms with van der Waals surface area (Å²) in [5.74, 6) is 0.738. The highest BCUT2D eigenvalue weighted by atomic mass is 16.1. The lowest BCUT2D eigenvalue weighted by Gasteiger charge is -1.96. The molecule has 4 nitrogen and oxygen atoms in total. The molecule has 3 aromatic rings. The zero-order valence-electron chi connectivity index (χ0n) is 8.19. The smallest absolute Gasteiger partial charge is 0.277 e. The van der Waals surface area contributed by atoms with Gasteiger partial charge in [0, 0.05) is 5.39 Å². The summed E-state index contributed by atoms with van der Waals surface area (Å²) in [6, 6.07) is 9.42. The number of fused-ring (bicyclic) bond motifs is 2. The van der Waals surface area contributed by atoms with E-state index in [9.17, 15) is 4.79 Å². The van der Waals surface area contributed by atoms with E-state index in [1.807, 2.05) is 37.3 Å². The van der Waals surface area contributed by atoms with E-state index in [1.54, 1.807) is 0 Å². The predicted molar refractivity (Wildman–Crippen MR) is 58.1 cm³/mol. The number of aryl methyl sites for hydroxylation is 1. The second-order valence-electron chi connectivity index (χ2n) is 3.54. The molecule has 15 heavy (non-hydrogen) atoms. The van der Waals surface area contributed by atoms with E-state index in [0.717, 1.165) is 11.2 Å². The molecule has 74 valence electrons. The lowest BCUT2D eigenvalue weighted by Crippen LogP contribution is -2.13. The number of nitrogens with zero attached hydrogens (tertiary/aromatic N) is 2. The molecule has 0 aliphatic carbocycles. The monoisotopic (exact) mass is 199 g/mol. The van der Waals surface area contributed by atoms with Crippen LogP contribution < -0.4 is 5.56 Å². The van der Waals surface area contributed by atoms with E-state index < -0.39 is 0 Å². The van der Waals surface area contributed by atoms with Gasteiger partial charge in [-0.2, -0.15) is 4.52 Å². The maximum Gasteiger partial charge on any atom is 0.279 e. The van der Waals surface area contributed by atoms with Crippen LogP contribution in [0.4, 0.5) is 0 Å². The molecular weight excluding hydrogens is 190 g/mol. The fraction of sp³-hybridized carbons (Fsp3) is 0.0909. The molecule has 0 amide bonds. The van der Waals surface area contributed by atoms with E-state index in [4.69, 9.17) is 0 Å². The molecule has 2 heterocycles. The third-order valence-electron chi connectivity index (χ3n) is 2.46. The Balaban J connectivity index is 2.65. The number of aromatic nitrogens is 3. The number of rotatable bonds is 0. The van der Waals surface area contributed by atoms with E-state index in [0.29, 0.717) is 11.0 Å². The first-order valence-corrected chi connectivity index (χ1v) is 4.73. The average molecular weight is 199 g/mol. The van der Waals surface area contributed by atoms with E-state index in [2.05, 4.69) is 10.1 Å². The molecule has 0 aliphatic rings. The van der Waals surface area contributed by atoms with Gasteiger partial charge in [-0.15, -0.1) is 0 Å².